The van der Waals surface area contributed by atoms with E-state index >= 15 is 0 Å². The first kappa shape index (κ1) is 20.8. The molecule has 0 atom stereocenters. The van der Waals surface area contributed by atoms with Gasteiger partial charge in [-0.05, 0) is 62.1 Å². The lowest BCUT2D eigenvalue weighted by atomic mass is 9.91. The van der Waals surface area contributed by atoms with Crippen molar-refractivity contribution in [2.24, 2.45) is 0 Å². The normalized spacial score (nSPS) is 19.4. The van der Waals surface area contributed by atoms with Gasteiger partial charge in [0, 0.05) is 41.0 Å². The molecule has 9 heteroatoms. The molecule has 0 bridgehead atoms. The van der Waals surface area contributed by atoms with Crippen LogP contribution in [0.25, 0.3) is 33.5 Å². The molecule has 4 aromatic rings. The molecule has 32 heavy (non-hydrogen) atoms. The Bertz CT molecular complexity index is 1350. The zero-order valence-corrected chi connectivity index (χ0v) is 18.4. The van der Waals surface area contributed by atoms with Crippen LogP contribution in [-0.4, -0.2) is 40.2 Å². The molecule has 3 aromatic heterocycles. The van der Waals surface area contributed by atoms with Gasteiger partial charge in [0.2, 0.25) is 10.0 Å². The van der Waals surface area contributed by atoms with Crippen molar-refractivity contribution in [3.63, 3.8) is 0 Å². The Morgan fingerprint density at radius 3 is 2.53 bits per heavy atom. The second-order valence-corrected chi connectivity index (χ2v) is 10.1. The van der Waals surface area contributed by atoms with Crippen molar-refractivity contribution < 1.29 is 12.8 Å². The molecule has 5 rings (SSSR count). The van der Waals surface area contributed by atoms with Gasteiger partial charge in [0.15, 0.2) is 0 Å². The number of H-pyrrole nitrogens is 1. The molecule has 0 radical (unpaired) electrons. The van der Waals surface area contributed by atoms with Crippen LogP contribution in [0, 0.1) is 5.82 Å². The van der Waals surface area contributed by atoms with Crippen LogP contribution < -0.4 is 4.72 Å². The fourth-order valence-corrected chi connectivity index (χ4v) is 5.51. The fourth-order valence-electron chi connectivity index (χ4n) is 4.67. The second kappa shape index (κ2) is 8.14. The zero-order valence-electron chi connectivity index (χ0n) is 17.6. The zero-order chi connectivity index (χ0) is 22.3. The van der Waals surface area contributed by atoms with Gasteiger partial charge in [-0.15, -0.1) is 0 Å². The van der Waals surface area contributed by atoms with E-state index in [1.165, 1.54) is 18.4 Å². The maximum absolute atomic E-state index is 13.6. The van der Waals surface area contributed by atoms with Gasteiger partial charge in [-0.1, -0.05) is 0 Å². The van der Waals surface area contributed by atoms with Crippen molar-refractivity contribution in [2.75, 3.05) is 6.26 Å². The predicted octanol–water partition coefficient (Wildman–Crippen LogP) is 4.27. The molecule has 1 aliphatic rings. The third kappa shape index (κ3) is 4.05. The third-order valence-electron chi connectivity index (χ3n) is 6.10. The lowest BCUT2D eigenvalue weighted by Gasteiger charge is -2.30. The van der Waals surface area contributed by atoms with Crippen molar-refractivity contribution >= 4 is 21.1 Å². The summed E-state index contributed by atoms with van der Waals surface area (Å²) in [7, 11) is -3.22. The van der Waals surface area contributed by atoms with Crippen LogP contribution in [0.5, 0.6) is 0 Å². The Hall–Kier alpha value is -3.04. The summed E-state index contributed by atoms with van der Waals surface area (Å²) in [5.74, 6) is -0.289. The van der Waals surface area contributed by atoms with Gasteiger partial charge in [-0.25, -0.2) is 27.5 Å². The SMILES string of the molecule is CS(=O)(=O)NC1CCC(n2cnc(-c3ccc(F)cc3)c2-c2ccnc3[nH]ccc23)CC1. The summed E-state index contributed by atoms with van der Waals surface area (Å²) in [5, 5.41) is 0.991. The van der Waals surface area contributed by atoms with E-state index in [1.807, 2.05) is 24.7 Å². The predicted molar refractivity (Wildman–Crippen MR) is 122 cm³/mol. The molecule has 0 unspecified atom stereocenters. The molecular weight excluding hydrogens is 429 g/mol. The molecule has 0 amide bonds. The fraction of sp³-hybridized carbons (Fsp3) is 0.304. The number of rotatable bonds is 5. The maximum atomic E-state index is 13.6. The lowest BCUT2D eigenvalue weighted by Crippen LogP contribution is -2.37. The van der Waals surface area contributed by atoms with Crippen molar-refractivity contribution in [1.82, 2.24) is 24.2 Å². The van der Waals surface area contributed by atoms with Gasteiger partial charge in [0.1, 0.15) is 11.5 Å². The van der Waals surface area contributed by atoms with E-state index in [9.17, 15) is 12.8 Å². The first-order chi connectivity index (χ1) is 15.4. The number of aromatic nitrogens is 4. The van der Waals surface area contributed by atoms with E-state index < -0.39 is 10.0 Å². The largest absolute Gasteiger partial charge is 0.346 e. The smallest absolute Gasteiger partial charge is 0.208 e. The van der Waals surface area contributed by atoms with Gasteiger partial charge in [0.25, 0.3) is 0 Å². The van der Waals surface area contributed by atoms with Crippen molar-refractivity contribution in [3.8, 4) is 22.5 Å². The standard InChI is InChI=1S/C23H24FN5O2S/c1-32(30,31)28-17-6-8-18(9-7-17)29-14-27-21(15-2-4-16(24)5-3-15)22(29)19-10-12-25-23-20(19)11-13-26-23/h2-5,10-14,17-18,28H,6-9H2,1H3,(H,25,26). The second-order valence-electron chi connectivity index (χ2n) is 8.35. The van der Waals surface area contributed by atoms with E-state index in [2.05, 4.69) is 19.3 Å². The summed E-state index contributed by atoms with van der Waals surface area (Å²) in [6.07, 6.45) is 9.87. The van der Waals surface area contributed by atoms with Crippen molar-refractivity contribution in [1.29, 1.82) is 0 Å². The first-order valence-electron chi connectivity index (χ1n) is 10.6. The molecule has 1 fully saturated rings. The van der Waals surface area contributed by atoms with Gasteiger partial charge in [-0.3, -0.25) is 0 Å². The Morgan fingerprint density at radius 2 is 1.81 bits per heavy atom. The number of pyridine rings is 1. The summed E-state index contributed by atoms with van der Waals surface area (Å²) in [5.41, 5.74) is 4.39. The number of nitrogens with one attached hydrogen (secondary N) is 2. The van der Waals surface area contributed by atoms with Crippen molar-refractivity contribution in [2.45, 2.75) is 37.8 Å². The van der Waals surface area contributed by atoms with Crippen LogP contribution in [0.3, 0.4) is 0 Å². The molecule has 3 heterocycles. The van der Waals surface area contributed by atoms with Crippen LogP contribution in [-0.2, 0) is 10.0 Å². The monoisotopic (exact) mass is 453 g/mol. The number of hydrogen-bond acceptors (Lipinski definition) is 4. The summed E-state index contributed by atoms with van der Waals surface area (Å²) >= 11 is 0. The first-order valence-corrected chi connectivity index (χ1v) is 12.5. The van der Waals surface area contributed by atoms with Gasteiger partial charge in [0.05, 0.1) is 24.0 Å². The highest BCUT2D eigenvalue weighted by Gasteiger charge is 2.28. The summed E-state index contributed by atoms with van der Waals surface area (Å²) in [6, 6.07) is 10.5. The number of fused-ring (bicyclic) bond motifs is 1. The molecule has 7 nitrogen and oxygen atoms in total. The quantitative estimate of drug-likeness (QED) is 0.472. The minimum atomic E-state index is -3.22. The number of hydrogen-bond donors (Lipinski definition) is 2. The van der Waals surface area contributed by atoms with Crippen LogP contribution >= 0.6 is 0 Å². The molecule has 1 saturated carbocycles. The van der Waals surface area contributed by atoms with E-state index in [0.29, 0.717) is 0 Å². The number of aromatic amines is 1. The molecule has 0 spiro atoms. The average Bonchev–Trinajstić information content (AvgIpc) is 3.41. The van der Waals surface area contributed by atoms with Gasteiger partial charge < -0.3 is 9.55 Å². The minimum Gasteiger partial charge on any atom is -0.346 e. The molecule has 2 N–H and O–H groups in total. The van der Waals surface area contributed by atoms with E-state index in [1.54, 1.807) is 18.3 Å². The minimum absolute atomic E-state index is 0.0397. The van der Waals surface area contributed by atoms with Gasteiger partial charge in [-0.2, -0.15) is 0 Å². The number of halogens is 1. The highest BCUT2D eigenvalue weighted by molar-refractivity contribution is 7.88. The van der Waals surface area contributed by atoms with Crippen molar-refractivity contribution in [3.05, 3.63) is 60.9 Å². The van der Waals surface area contributed by atoms with Crippen LogP contribution in [0.2, 0.25) is 0 Å². The van der Waals surface area contributed by atoms with Crippen LogP contribution in [0.4, 0.5) is 4.39 Å². The topological polar surface area (TPSA) is 92.7 Å². The van der Waals surface area contributed by atoms with E-state index in [0.717, 1.165) is 59.2 Å². The summed E-state index contributed by atoms with van der Waals surface area (Å²) in [6.45, 7) is 0. The number of imidazole rings is 1. The van der Waals surface area contributed by atoms with Gasteiger partial charge >= 0.3 is 0 Å². The highest BCUT2D eigenvalue weighted by Crippen LogP contribution is 2.39. The molecule has 1 aliphatic carbocycles. The number of benzene rings is 1. The molecule has 166 valence electrons. The molecule has 0 aliphatic heterocycles. The van der Waals surface area contributed by atoms with E-state index in [-0.39, 0.29) is 17.9 Å². The maximum Gasteiger partial charge on any atom is 0.208 e. The Labute approximate surface area is 185 Å². The number of nitrogens with zero attached hydrogens (tertiary/aromatic N) is 3. The highest BCUT2D eigenvalue weighted by atomic mass is 32.2. The summed E-state index contributed by atoms with van der Waals surface area (Å²) < 4.78 is 41.7. The Morgan fingerprint density at radius 1 is 1.06 bits per heavy atom. The molecule has 0 saturated heterocycles. The average molecular weight is 454 g/mol. The Balaban J connectivity index is 1.57. The van der Waals surface area contributed by atoms with Crippen LogP contribution in [0.15, 0.2) is 55.1 Å². The van der Waals surface area contributed by atoms with E-state index in [4.69, 9.17) is 4.98 Å². The molecular formula is C23H24FN5O2S. The number of sulfonamides is 1. The van der Waals surface area contributed by atoms with Crippen LogP contribution in [0.1, 0.15) is 31.7 Å². The summed E-state index contributed by atoms with van der Waals surface area (Å²) in [4.78, 5) is 12.3. The Kier molecular flexibility index (Phi) is 5.30. The molecule has 1 aromatic carbocycles. The lowest BCUT2D eigenvalue weighted by molar-refractivity contribution is 0.313. The third-order valence-corrected chi connectivity index (χ3v) is 6.86.